The highest BCUT2D eigenvalue weighted by molar-refractivity contribution is 5.64. The molecule has 0 saturated carbocycles. The molecular formula is C19H19F5N4O2. The van der Waals surface area contributed by atoms with Crippen LogP contribution in [0.2, 0.25) is 0 Å². The highest BCUT2D eigenvalue weighted by Crippen LogP contribution is 2.29. The Hall–Kier alpha value is -2.82. The van der Waals surface area contributed by atoms with Crippen molar-refractivity contribution in [3.63, 3.8) is 0 Å². The minimum Gasteiger partial charge on any atom is -0.466 e. The van der Waals surface area contributed by atoms with E-state index in [0.717, 1.165) is 12.3 Å². The summed E-state index contributed by atoms with van der Waals surface area (Å²) < 4.78 is 76.9. The fourth-order valence-electron chi connectivity index (χ4n) is 2.59. The Balaban J connectivity index is 1.91. The molecule has 0 aliphatic heterocycles. The smallest absolute Gasteiger partial charge is 0.422 e. The molecule has 0 aromatic carbocycles. The van der Waals surface area contributed by atoms with Crippen molar-refractivity contribution in [3.05, 3.63) is 42.2 Å². The van der Waals surface area contributed by atoms with Gasteiger partial charge in [-0.15, -0.1) is 10.2 Å². The van der Waals surface area contributed by atoms with Gasteiger partial charge in [-0.1, -0.05) is 13.8 Å². The summed E-state index contributed by atoms with van der Waals surface area (Å²) >= 11 is 0. The summed E-state index contributed by atoms with van der Waals surface area (Å²) in [5.41, 5.74) is 0.999. The van der Waals surface area contributed by atoms with Gasteiger partial charge < -0.3 is 9.47 Å². The van der Waals surface area contributed by atoms with E-state index in [1.807, 2.05) is 13.8 Å². The van der Waals surface area contributed by atoms with Gasteiger partial charge in [0.05, 0.1) is 6.61 Å². The summed E-state index contributed by atoms with van der Waals surface area (Å²) in [7, 11) is 0. The summed E-state index contributed by atoms with van der Waals surface area (Å²) in [5.74, 6) is -4.04. The molecule has 3 rings (SSSR count). The van der Waals surface area contributed by atoms with Gasteiger partial charge in [-0.3, -0.25) is 4.40 Å². The van der Waals surface area contributed by atoms with Crippen molar-refractivity contribution in [1.29, 1.82) is 0 Å². The van der Waals surface area contributed by atoms with Crippen LogP contribution in [0.5, 0.6) is 5.88 Å². The molecule has 0 N–H and O–H groups in total. The molecule has 0 aliphatic carbocycles. The second-order valence-corrected chi connectivity index (χ2v) is 7.21. The molecule has 0 fully saturated rings. The van der Waals surface area contributed by atoms with Gasteiger partial charge in [-0.2, -0.15) is 13.2 Å². The first-order valence-electron chi connectivity index (χ1n) is 9.00. The summed E-state index contributed by atoms with van der Waals surface area (Å²) in [6.45, 7) is 3.47. The number of hydrogen-bond donors (Lipinski definition) is 0. The second kappa shape index (κ2) is 8.13. The SMILES string of the molecule is CC(C)COC(C)(F)c1nnc2ccc(-c3cnc(OCC(F)(F)F)c(F)c3)cn12. The average Bonchev–Trinajstić information content (AvgIpc) is 3.09. The standard InChI is InChI=1S/C19H19F5N4O2/c1-11(2)9-30-18(3,21)17-27-26-15-5-4-12(8-28(15)17)13-6-14(20)16(25-7-13)29-10-19(22,23)24/h4-8,11H,9-10H2,1-3H3. The van der Waals surface area contributed by atoms with E-state index in [2.05, 4.69) is 19.9 Å². The van der Waals surface area contributed by atoms with Crippen molar-refractivity contribution in [3.8, 4) is 17.0 Å². The minimum atomic E-state index is -4.61. The Kier molecular flexibility index (Phi) is 5.93. The predicted molar refractivity (Wildman–Crippen MR) is 97.0 cm³/mol. The number of rotatable bonds is 7. The molecule has 162 valence electrons. The molecule has 1 atom stereocenters. The molecule has 3 aromatic rings. The number of hydrogen-bond acceptors (Lipinski definition) is 5. The van der Waals surface area contributed by atoms with Gasteiger partial charge in [0.15, 0.2) is 18.1 Å². The number of pyridine rings is 2. The Morgan fingerprint density at radius 3 is 2.47 bits per heavy atom. The van der Waals surface area contributed by atoms with E-state index >= 15 is 4.39 Å². The monoisotopic (exact) mass is 430 g/mol. The van der Waals surface area contributed by atoms with E-state index < -0.39 is 30.3 Å². The maximum Gasteiger partial charge on any atom is 0.422 e. The van der Waals surface area contributed by atoms with Crippen LogP contribution in [0, 0.1) is 11.7 Å². The molecule has 0 saturated heterocycles. The number of halogens is 5. The lowest BCUT2D eigenvalue weighted by molar-refractivity contribution is -0.154. The van der Waals surface area contributed by atoms with Gasteiger partial charge in [0.2, 0.25) is 5.82 Å². The lowest BCUT2D eigenvalue weighted by atomic mass is 10.1. The molecular weight excluding hydrogens is 411 g/mol. The lowest BCUT2D eigenvalue weighted by Crippen LogP contribution is -2.25. The van der Waals surface area contributed by atoms with Crippen LogP contribution in [0.4, 0.5) is 22.0 Å². The fraction of sp³-hybridized carbons (Fsp3) is 0.421. The third kappa shape index (κ3) is 5.02. The summed E-state index contributed by atoms with van der Waals surface area (Å²) in [5, 5.41) is 7.76. The zero-order valence-electron chi connectivity index (χ0n) is 16.4. The number of aromatic nitrogens is 4. The Morgan fingerprint density at radius 2 is 1.83 bits per heavy atom. The zero-order chi connectivity index (χ0) is 22.1. The van der Waals surface area contributed by atoms with E-state index in [-0.39, 0.29) is 23.9 Å². The third-order valence-corrected chi connectivity index (χ3v) is 4.00. The second-order valence-electron chi connectivity index (χ2n) is 7.21. The van der Waals surface area contributed by atoms with E-state index in [4.69, 9.17) is 4.74 Å². The highest BCUT2D eigenvalue weighted by Gasteiger charge is 2.33. The molecule has 0 amide bonds. The number of alkyl halides is 4. The van der Waals surface area contributed by atoms with Gasteiger partial charge in [0.1, 0.15) is 0 Å². The molecule has 11 heteroatoms. The number of ether oxygens (including phenoxy) is 2. The van der Waals surface area contributed by atoms with Gasteiger partial charge in [0, 0.05) is 30.4 Å². The topological polar surface area (TPSA) is 61.5 Å². The van der Waals surface area contributed by atoms with Gasteiger partial charge in [-0.05, 0) is 24.1 Å². The van der Waals surface area contributed by atoms with Crippen LogP contribution < -0.4 is 4.74 Å². The predicted octanol–water partition coefficient (Wildman–Crippen LogP) is 4.69. The third-order valence-electron chi connectivity index (χ3n) is 4.00. The number of nitrogens with zero attached hydrogens (tertiary/aromatic N) is 4. The molecule has 1 unspecified atom stereocenters. The van der Waals surface area contributed by atoms with Crippen LogP contribution in [0.1, 0.15) is 26.6 Å². The fourth-order valence-corrected chi connectivity index (χ4v) is 2.59. The zero-order valence-corrected chi connectivity index (χ0v) is 16.4. The van der Waals surface area contributed by atoms with E-state index in [0.29, 0.717) is 11.2 Å². The van der Waals surface area contributed by atoms with Crippen molar-refractivity contribution in [2.24, 2.45) is 5.92 Å². The van der Waals surface area contributed by atoms with E-state index in [9.17, 15) is 17.6 Å². The minimum absolute atomic E-state index is 0.0986. The Labute approximate surface area is 168 Å². The van der Waals surface area contributed by atoms with Crippen molar-refractivity contribution < 1.29 is 31.4 Å². The average molecular weight is 430 g/mol. The maximum atomic E-state index is 15.1. The van der Waals surface area contributed by atoms with Crippen LogP contribution in [0.15, 0.2) is 30.6 Å². The van der Waals surface area contributed by atoms with Gasteiger partial charge in [0.25, 0.3) is 11.7 Å². The quantitative estimate of drug-likeness (QED) is 0.509. The molecule has 30 heavy (non-hydrogen) atoms. The van der Waals surface area contributed by atoms with Crippen molar-refractivity contribution in [2.45, 2.75) is 32.8 Å². The summed E-state index contributed by atoms with van der Waals surface area (Å²) in [6.07, 6.45) is -1.99. The van der Waals surface area contributed by atoms with Crippen molar-refractivity contribution in [2.75, 3.05) is 13.2 Å². The first-order valence-corrected chi connectivity index (χ1v) is 9.00. The van der Waals surface area contributed by atoms with Gasteiger partial charge in [-0.25, -0.2) is 13.8 Å². The Bertz CT molecular complexity index is 1030. The van der Waals surface area contributed by atoms with Crippen LogP contribution in [0.3, 0.4) is 0 Å². The summed E-state index contributed by atoms with van der Waals surface area (Å²) in [6, 6.07) is 4.09. The molecule has 0 radical (unpaired) electrons. The van der Waals surface area contributed by atoms with Crippen LogP contribution in [-0.2, 0) is 10.6 Å². The van der Waals surface area contributed by atoms with Crippen molar-refractivity contribution in [1.82, 2.24) is 19.6 Å². The molecule has 0 aliphatic rings. The van der Waals surface area contributed by atoms with E-state index in [1.54, 1.807) is 6.07 Å². The number of fused-ring (bicyclic) bond motifs is 1. The normalized spacial score (nSPS) is 14.3. The van der Waals surface area contributed by atoms with Crippen LogP contribution >= 0.6 is 0 Å². The van der Waals surface area contributed by atoms with Gasteiger partial charge >= 0.3 is 6.18 Å². The first-order chi connectivity index (χ1) is 14.0. The summed E-state index contributed by atoms with van der Waals surface area (Å²) in [4.78, 5) is 3.61. The lowest BCUT2D eigenvalue weighted by Gasteiger charge is -2.20. The molecule has 3 heterocycles. The molecule has 0 bridgehead atoms. The van der Waals surface area contributed by atoms with Crippen LogP contribution in [-0.4, -0.2) is 39.0 Å². The highest BCUT2D eigenvalue weighted by atomic mass is 19.4. The Morgan fingerprint density at radius 1 is 1.10 bits per heavy atom. The van der Waals surface area contributed by atoms with E-state index in [1.165, 1.54) is 23.6 Å². The van der Waals surface area contributed by atoms with Crippen molar-refractivity contribution >= 4 is 5.65 Å². The first kappa shape index (κ1) is 21.9. The van der Waals surface area contributed by atoms with Crippen LogP contribution in [0.25, 0.3) is 16.8 Å². The molecule has 6 nitrogen and oxygen atoms in total. The molecule has 0 spiro atoms. The molecule has 3 aromatic heterocycles. The largest absolute Gasteiger partial charge is 0.466 e. The maximum absolute atomic E-state index is 15.1.